The van der Waals surface area contributed by atoms with Gasteiger partial charge in [0.15, 0.2) is 0 Å². The van der Waals surface area contributed by atoms with Gasteiger partial charge in [-0.3, -0.25) is 9.69 Å². The highest BCUT2D eigenvalue weighted by molar-refractivity contribution is 5.95. The van der Waals surface area contributed by atoms with E-state index in [1.54, 1.807) is 0 Å². The van der Waals surface area contributed by atoms with E-state index in [9.17, 15) is 4.79 Å². The van der Waals surface area contributed by atoms with Crippen LogP contribution in [-0.2, 0) is 11.8 Å². The Morgan fingerprint density at radius 3 is 2.75 bits per heavy atom. The van der Waals surface area contributed by atoms with Gasteiger partial charge in [0, 0.05) is 18.9 Å². The van der Waals surface area contributed by atoms with Gasteiger partial charge in [-0.1, -0.05) is 0 Å². The summed E-state index contributed by atoms with van der Waals surface area (Å²) in [5, 5.41) is 3.16. The lowest BCUT2D eigenvalue weighted by Gasteiger charge is -2.27. The molecule has 1 aromatic heterocycles. The first-order chi connectivity index (χ1) is 9.66. The standard InChI is InChI=1S/C15H23N3O2/c1-11-12(5-8-17(11)2)15(19)16-13-9-20-10-14(13)18-6-3-4-7-18/h5,8,13-14H,3-4,6-7,9-10H2,1-2H3,(H,16,19)/t13-,14-/m0/s1. The monoisotopic (exact) mass is 277 g/mol. The number of hydrogen-bond acceptors (Lipinski definition) is 3. The van der Waals surface area contributed by atoms with E-state index in [1.807, 2.05) is 30.8 Å². The van der Waals surface area contributed by atoms with Crippen molar-refractivity contribution in [2.24, 2.45) is 7.05 Å². The van der Waals surface area contributed by atoms with Crippen molar-refractivity contribution in [1.29, 1.82) is 0 Å². The molecule has 2 saturated heterocycles. The lowest BCUT2D eigenvalue weighted by Crippen LogP contribution is -2.50. The maximum Gasteiger partial charge on any atom is 0.253 e. The predicted molar refractivity (Wildman–Crippen MR) is 76.8 cm³/mol. The Labute approximate surface area is 119 Å². The Kier molecular flexibility index (Phi) is 3.81. The quantitative estimate of drug-likeness (QED) is 0.894. The summed E-state index contributed by atoms with van der Waals surface area (Å²) in [5.74, 6) is 0.0165. The smallest absolute Gasteiger partial charge is 0.253 e. The van der Waals surface area contributed by atoms with Gasteiger partial charge in [0.25, 0.3) is 5.91 Å². The van der Waals surface area contributed by atoms with Crippen LogP contribution < -0.4 is 5.32 Å². The van der Waals surface area contributed by atoms with E-state index in [4.69, 9.17) is 4.74 Å². The summed E-state index contributed by atoms with van der Waals surface area (Å²) in [7, 11) is 1.96. The van der Waals surface area contributed by atoms with Crippen molar-refractivity contribution >= 4 is 5.91 Å². The topological polar surface area (TPSA) is 46.5 Å². The second-order valence-corrected chi connectivity index (χ2v) is 5.85. The van der Waals surface area contributed by atoms with Gasteiger partial charge in [0.2, 0.25) is 0 Å². The lowest BCUT2D eigenvalue weighted by atomic mass is 10.1. The van der Waals surface area contributed by atoms with Crippen molar-refractivity contribution in [2.45, 2.75) is 31.8 Å². The van der Waals surface area contributed by atoms with Gasteiger partial charge in [0.1, 0.15) is 0 Å². The number of aromatic nitrogens is 1. The molecule has 0 bridgehead atoms. The van der Waals surface area contributed by atoms with Gasteiger partial charge >= 0.3 is 0 Å². The zero-order chi connectivity index (χ0) is 14.1. The van der Waals surface area contributed by atoms with E-state index in [2.05, 4.69) is 10.2 Å². The van der Waals surface area contributed by atoms with Gasteiger partial charge < -0.3 is 14.6 Å². The Morgan fingerprint density at radius 2 is 2.10 bits per heavy atom. The normalized spacial score (nSPS) is 27.1. The van der Waals surface area contributed by atoms with Crippen LogP contribution in [0.25, 0.3) is 0 Å². The zero-order valence-corrected chi connectivity index (χ0v) is 12.3. The van der Waals surface area contributed by atoms with Crippen LogP contribution in [0.1, 0.15) is 28.9 Å². The van der Waals surface area contributed by atoms with E-state index >= 15 is 0 Å². The molecule has 0 aromatic carbocycles. The molecule has 2 aliphatic heterocycles. The Hall–Kier alpha value is -1.33. The number of amides is 1. The summed E-state index contributed by atoms with van der Waals surface area (Å²) in [6.45, 7) is 5.59. The first kappa shape index (κ1) is 13.6. The number of carbonyl (C=O) groups excluding carboxylic acids is 1. The third-order valence-corrected chi connectivity index (χ3v) is 4.60. The maximum absolute atomic E-state index is 12.4. The number of nitrogens with zero attached hydrogens (tertiary/aromatic N) is 2. The number of likely N-dealkylation sites (tertiary alicyclic amines) is 1. The lowest BCUT2D eigenvalue weighted by molar-refractivity contribution is 0.0916. The molecule has 110 valence electrons. The largest absolute Gasteiger partial charge is 0.378 e. The van der Waals surface area contributed by atoms with Crippen LogP contribution in [0.15, 0.2) is 12.3 Å². The van der Waals surface area contributed by atoms with E-state index in [0.717, 1.165) is 31.0 Å². The fraction of sp³-hybridized carbons (Fsp3) is 0.667. The third kappa shape index (κ3) is 2.47. The molecule has 2 aliphatic rings. The van der Waals surface area contributed by atoms with Crippen LogP contribution in [0.2, 0.25) is 0 Å². The SMILES string of the molecule is Cc1c(C(=O)N[C@H]2COC[C@@H]2N2CCCC2)ccn1C. The van der Waals surface area contributed by atoms with Crippen molar-refractivity contribution in [1.82, 2.24) is 14.8 Å². The average Bonchev–Trinajstić information content (AvgIpc) is 3.12. The summed E-state index contributed by atoms with van der Waals surface area (Å²) in [6.07, 6.45) is 4.44. The van der Waals surface area contributed by atoms with Crippen LogP contribution >= 0.6 is 0 Å². The van der Waals surface area contributed by atoms with Gasteiger partial charge in [0.05, 0.1) is 30.9 Å². The van der Waals surface area contributed by atoms with Gasteiger partial charge in [-0.25, -0.2) is 0 Å². The van der Waals surface area contributed by atoms with Crippen LogP contribution in [0.5, 0.6) is 0 Å². The minimum atomic E-state index is 0.0165. The molecule has 5 nitrogen and oxygen atoms in total. The first-order valence-corrected chi connectivity index (χ1v) is 7.41. The number of rotatable bonds is 3. The molecule has 2 fully saturated rings. The number of aryl methyl sites for hydroxylation is 1. The molecule has 2 atom stereocenters. The molecule has 0 saturated carbocycles. The van der Waals surface area contributed by atoms with Crippen molar-refractivity contribution in [3.63, 3.8) is 0 Å². The van der Waals surface area contributed by atoms with Gasteiger partial charge in [-0.15, -0.1) is 0 Å². The van der Waals surface area contributed by atoms with Crippen molar-refractivity contribution in [3.8, 4) is 0 Å². The Balaban J connectivity index is 1.67. The minimum absolute atomic E-state index is 0.0165. The fourth-order valence-electron chi connectivity index (χ4n) is 3.21. The molecule has 0 spiro atoms. The third-order valence-electron chi connectivity index (χ3n) is 4.60. The second-order valence-electron chi connectivity index (χ2n) is 5.85. The van der Waals surface area contributed by atoms with Gasteiger partial charge in [-0.2, -0.15) is 0 Å². The molecule has 1 amide bonds. The van der Waals surface area contributed by atoms with Crippen molar-refractivity contribution < 1.29 is 9.53 Å². The number of ether oxygens (including phenoxy) is 1. The predicted octanol–water partition coefficient (Wildman–Crippen LogP) is 0.927. The Morgan fingerprint density at radius 1 is 1.35 bits per heavy atom. The second kappa shape index (κ2) is 5.58. The molecule has 0 aliphatic carbocycles. The van der Waals surface area contributed by atoms with Crippen molar-refractivity contribution in [3.05, 3.63) is 23.5 Å². The Bertz CT molecular complexity index is 491. The highest BCUT2D eigenvalue weighted by atomic mass is 16.5. The molecular formula is C15H23N3O2. The molecular weight excluding hydrogens is 254 g/mol. The van der Waals surface area contributed by atoms with E-state index in [0.29, 0.717) is 12.6 Å². The van der Waals surface area contributed by atoms with E-state index in [-0.39, 0.29) is 11.9 Å². The average molecular weight is 277 g/mol. The summed E-state index contributed by atoms with van der Waals surface area (Å²) < 4.78 is 7.56. The number of nitrogens with one attached hydrogen (secondary N) is 1. The van der Waals surface area contributed by atoms with Crippen LogP contribution in [0, 0.1) is 6.92 Å². The summed E-state index contributed by atoms with van der Waals surface area (Å²) in [5.41, 5.74) is 1.76. The molecule has 1 N–H and O–H groups in total. The van der Waals surface area contributed by atoms with Crippen LogP contribution in [0.4, 0.5) is 0 Å². The molecule has 3 rings (SSSR count). The minimum Gasteiger partial charge on any atom is -0.378 e. The number of hydrogen-bond donors (Lipinski definition) is 1. The van der Waals surface area contributed by atoms with E-state index in [1.165, 1.54) is 12.8 Å². The van der Waals surface area contributed by atoms with Crippen molar-refractivity contribution in [2.75, 3.05) is 26.3 Å². The number of carbonyl (C=O) groups is 1. The summed E-state index contributed by atoms with van der Waals surface area (Å²) in [6, 6.07) is 2.33. The molecule has 5 heteroatoms. The van der Waals surface area contributed by atoms with E-state index < -0.39 is 0 Å². The molecule has 1 aromatic rings. The van der Waals surface area contributed by atoms with Crippen LogP contribution in [-0.4, -0.2) is 53.8 Å². The highest BCUT2D eigenvalue weighted by Crippen LogP contribution is 2.19. The zero-order valence-electron chi connectivity index (χ0n) is 12.3. The molecule has 0 unspecified atom stereocenters. The molecule has 3 heterocycles. The molecule has 20 heavy (non-hydrogen) atoms. The maximum atomic E-state index is 12.4. The van der Waals surface area contributed by atoms with Crippen LogP contribution in [0.3, 0.4) is 0 Å². The summed E-state index contributed by atoms with van der Waals surface area (Å²) in [4.78, 5) is 14.9. The highest BCUT2D eigenvalue weighted by Gasteiger charge is 2.35. The molecule has 0 radical (unpaired) electrons. The fourth-order valence-corrected chi connectivity index (χ4v) is 3.21. The summed E-state index contributed by atoms with van der Waals surface area (Å²) >= 11 is 0. The van der Waals surface area contributed by atoms with Gasteiger partial charge in [-0.05, 0) is 38.9 Å². The first-order valence-electron chi connectivity index (χ1n) is 7.41.